The fourth-order valence-electron chi connectivity index (χ4n) is 1.35. The van der Waals surface area contributed by atoms with Crippen LogP contribution in [0.4, 0.5) is 0 Å². The van der Waals surface area contributed by atoms with E-state index < -0.39 is 5.76 Å². The van der Waals surface area contributed by atoms with Gasteiger partial charge in [0.1, 0.15) is 0 Å². The first kappa shape index (κ1) is 10.4. The third-order valence-electron chi connectivity index (χ3n) is 2.08. The molecule has 0 aliphatic heterocycles. The van der Waals surface area contributed by atoms with Crippen LogP contribution in [0.1, 0.15) is 17.0 Å². The fraction of sp³-hybridized carbons (Fsp3) is 0.200. The lowest BCUT2D eigenvalue weighted by Gasteiger charge is -2.01. The highest BCUT2D eigenvalue weighted by Gasteiger charge is 2.03. The Balaban J connectivity index is 2.24. The number of halogens is 1. The largest absolute Gasteiger partial charge is 0.438 e. The second kappa shape index (κ2) is 4.18. The van der Waals surface area contributed by atoms with Gasteiger partial charge in [-0.15, -0.1) is 0 Å². The van der Waals surface area contributed by atoms with Gasteiger partial charge in [-0.2, -0.15) is 0 Å². The molecular weight excluding hydrogens is 307 g/mol. The van der Waals surface area contributed by atoms with Crippen molar-refractivity contribution in [1.29, 1.82) is 0 Å². The summed E-state index contributed by atoms with van der Waals surface area (Å²) in [5, 5.41) is 3.62. The van der Waals surface area contributed by atoms with Gasteiger partial charge >= 0.3 is 5.76 Å². The Morgan fingerprint density at radius 2 is 2.33 bits per heavy atom. The number of nitrogens with zero attached hydrogens (tertiary/aromatic N) is 1. The number of aromatic nitrogens is 2. The molecule has 1 aromatic heterocycles. The molecule has 0 saturated heterocycles. The average molecular weight is 316 g/mol. The van der Waals surface area contributed by atoms with Gasteiger partial charge in [-0.05, 0) is 46.7 Å². The molecule has 0 saturated carbocycles. The number of H-pyrrole nitrogens is 1. The Morgan fingerprint density at radius 1 is 1.53 bits per heavy atom. The number of aromatic amines is 1. The van der Waals surface area contributed by atoms with Crippen molar-refractivity contribution in [2.45, 2.75) is 13.3 Å². The van der Waals surface area contributed by atoms with E-state index in [0.717, 1.165) is 5.56 Å². The van der Waals surface area contributed by atoms with E-state index in [9.17, 15) is 4.79 Å². The lowest BCUT2D eigenvalue weighted by Crippen LogP contribution is -1.98. The number of hydrogen-bond acceptors (Lipinski definition) is 3. The SMILES string of the molecule is Cc1cc(Cc2noc(=O)[nH]2)ccc1I. The molecule has 0 amide bonds. The molecule has 0 spiro atoms. The minimum Gasteiger partial charge on any atom is -0.296 e. The van der Waals surface area contributed by atoms with E-state index in [1.54, 1.807) is 0 Å². The Morgan fingerprint density at radius 3 is 2.93 bits per heavy atom. The predicted molar refractivity (Wildman–Crippen MR) is 63.8 cm³/mol. The van der Waals surface area contributed by atoms with Crippen LogP contribution in [0.5, 0.6) is 0 Å². The Labute approximate surface area is 99.8 Å². The van der Waals surface area contributed by atoms with Crippen LogP contribution in [0.25, 0.3) is 0 Å². The van der Waals surface area contributed by atoms with Gasteiger partial charge in [-0.25, -0.2) is 4.79 Å². The van der Waals surface area contributed by atoms with Crippen LogP contribution >= 0.6 is 22.6 Å². The maximum absolute atomic E-state index is 10.7. The first-order valence-electron chi connectivity index (χ1n) is 4.45. The summed E-state index contributed by atoms with van der Waals surface area (Å²) in [6.07, 6.45) is 0.587. The molecule has 5 heteroatoms. The van der Waals surface area contributed by atoms with Crippen LogP contribution in [-0.2, 0) is 6.42 Å². The normalized spacial score (nSPS) is 10.5. The van der Waals surface area contributed by atoms with Crippen LogP contribution in [-0.4, -0.2) is 10.1 Å². The summed E-state index contributed by atoms with van der Waals surface area (Å²) in [5.41, 5.74) is 2.33. The standard InChI is InChI=1S/C10H9IN2O2/c1-6-4-7(2-3-8(6)11)5-9-12-10(14)15-13-9/h2-4H,5H2,1H3,(H,12,13,14). The lowest BCUT2D eigenvalue weighted by atomic mass is 10.1. The molecule has 2 aromatic rings. The average Bonchev–Trinajstić information content (AvgIpc) is 2.58. The summed E-state index contributed by atoms with van der Waals surface area (Å²) in [7, 11) is 0. The molecule has 1 N–H and O–H groups in total. The van der Waals surface area contributed by atoms with E-state index in [1.807, 2.05) is 12.1 Å². The Hall–Kier alpha value is -1.11. The van der Waals surface area contributed by atoms with E-state index in [-0.39, 0.29) is 0 Å². The van der Waals surface area contributed by atoms with E-state index in [1.165, 1.54) is 9.13 Å². The van der Waals surface area contributed by atoms with Crippen molar-refractivity contribution in [2.75, 3.05) is 0 Å². The number of rotatable bonds is 2. The molecule has 2 rings (SSSR count). The van der Waals surface area contributed by atoms with Crippen LogP contribution in [0.15, 0.2) is 27.5 Å². The second-order valence-electron chi connectivity index (χ2n) is 3.30. The van der Waals surface area contributed by atoms with Gasteiger partial charge < -0.3 is 0 Å². The highest BCUT2D eigenvalue weighted by atomic mass is 127. The summed E-state index contributed by atoms with van der Waals surface area (Å²) in [5.74, 6) is 0.0489. The summed E-state index contributed by atoms with van der Waals surface area (Å²) in [6.45, 7) is 2.05. The molecule has 1 heterocycles. The molecule has 0 aliphatic carbocycles. The van der Waals surface area contributed by atoms with Crippen LogP contribution in [0.3, 0.4) is 0 Å². The van der Waals surface area contributed by atoms with Crippen molar-refractivity contribution >= 4 is 22.6 Å². The molecule has 15 heavy (non-hydrogen) atoms. The van der Waals surface area contributed by atoms with Gasteiger partial charge in [0.05, 0.1) is 0 Å². The molecule has 4 nitrogen and oxygen atoms in total. The predicted octanol–water partition coefficient (Wildman–Crippen LogP) is 1.87. The van der Waals surface area contributed by atoms with Crippen LogP contribution in [0.2, 0.25) is 0 Å². The van der Waals surface area contributed by atoms with Crippen LogP contribution in [0, 0.1) is 10.5 Å². The Bertz CT molecular complexity index is 530. The molecule has 0 aliphatic rings. The smallest absolute Gasteiger partial charge is 0.296 e. The molecule has 0 atom stereocenters. The zero-order valence-electron chi connectivity index (χ0n) is 8.08. The quantitative estimate of drug-likeness (QED) is 0.861. The minimum atomic E-state index is -0.507. The van der Waals surface area contributed by atoms with Crippen molar-refractivity contribution in [2.24, 2.45) is 0 Å². The van der Waals surface area contributed by atoms with E-state index >= 15 is 0 Å². The molecule has 0 radical (unpaired) electrons. The number of nitrogens with one attached hydrogen (secondary N) is 1. The summed E-state index contributed by atoms with van der Waals surface area (Å²) in [6, 6.07) is 6.14. The van der Waals surface area contributed by atoms with Crippen LogP contribution < -0.4 is 5.76 Å². The van der Waals surface area contributed by atoms with Gasteiger partial charge in [0.25, 0.3) is 0 Å². The van der Waals surface area contributed by atoms with Crippen molar-refractivity contribution < 1.29 is 4.52 Å². The molecular formula is C10H9IN2O2. The van der Waals surface area contributed by atoms with Gasteiger partial charge in [0, 0.05) is 9.99 Å². The summed E-state index contributed by atoms with van der Waals surface area (Å²) >= 11 is 2.28. The van der Waals surface area contributed by atoms with E-state index in [0.29, 0.717) is 12.2 Å². The monoisotopic (exact) mass is 316 g/mol. The summed E-state index contributed by atoms with van der Waals surface area (Å²) < 4.78 is 5.65. The van der Waals surface area contributed by atoms with Crippen molar-refractivity contribution in [3.63, 3.8) is 0 Å². The zero-order chi connectivity index (χ0) is 10.8. The maximum atomic E-state index is 10.7. The van der Waals surface area contributed by atoms with Gasteiger partial charge in [0.2, 0.25) is 0 Å². The third kappa shape index (κ3) is 2.47. The second-order valence-corrected chi connectivity index (χ2v) is 4.46. The zero-order valence-corrected chi connectivity index (χ0v) is 10.2. The van der Waals surface area contributed by atoms with Crippen molar-refractivity contribution in [3.05, 3.63) is 49.3 Å². The lowest BCUT2D eigenvalue weighted by molar-refractivity contribution is 0.382. The number of aryl methyl sites for hydroxylation is 1. The number of benzene rings is 1. The molecule has 0 bridgehead atoms. The van der Waals surface area contributed by atoms with E-state index in [2.05, 4.69) is 50.2 Å². The highest BCUT2D eigenvalue weighted by molar-refractivity contribution is 14.1. The fourth-order valence-corrected chi connectivity index (χ4v) is 1.68. The van der Waals surface area contributed by atoms with Gasteiger partial charge in [-0.1, -0.05) is 17.3 Å². The van der Waals surface area contributed by atoms with Crippen molar-refractivity contribution in [1.82, 2.24) is 10.1 Å². The third-order valence-corrected chi connectivity index (χ3v) is 3.29. The topological polar surface area (TPSA) is 58.9 Å². The first-order valence-corrected chi connectivity index (χ1v) is 5.53. The molecule has 0 unspecified atom stereocenters. The molecule has 0 fully saturated rings. The highest BCUT2D eigenvalue weighted by Crippen LogP contribution is 2.14. The molecule has 1 aromatic carbocycles. The first-order chi connectivity index (χ1) is 7.15. The number of hydrogen-bond donors (Lipinski definition) is 1. The minimum absolute atomic E-state index is 0.507. The summed E-state index contributed by atoms with van der Waals surface area (Å²) in [4.78, 5) is 13.2. The molecule has 78 valence electrons. The Kier molecular flexibility index (Phi) is 2.90. The van der Waals surface area contributed by atoms with E-state index in [4.69, 9.17) is 0 Å². The maximum Gasteiger partial charge on any atom is 0.438 e. The van der Waals surface area contributed by atoms with Gasteiger partial charge in [-0.3, -0.25) is 9.51 Å². The van der Waals surface area contributed by atoms with Gasteiger partial charge in [0.15, 0.2) is 5.82 Å². The van der Waals surface area contributed by atoms with Crippen molar-refractivity contribution in [3.8, 4) is 0 Å².